The topological polar surface area (TPSA) is 84.5 Å². The first-order valence-corrected chi connectivity index (χ1v) is 8.29. The van der Waals surface area contributed by atoms with Crippen molar-refractivity contribution in [3.05, 3.63) is 35.6 Å². The molecule has 0 bridgehead atoms. The summed E-state index contributed by atoms with van der Waals surface area (Å²) in [7, 11) is 1.26. The number of methoxy groups -OCH3 is 1. The van der Waals surface area contributed by atoms with Crippen LogP contribution in [0.5, 0.6) is 0 Å². The van der Waals surface area contributed by atoms with Crippen molar-refractivity contribution >= 4 is 17.8 Å². The van der Waals surface area contributed by atoms with Crippen LogP contribution in [0.2, 0.25) is 0 Å². The highest BCUT2D eigenvalue weighted by Gasteiger charge is 2.33. The second kappa shape index (κ2) is 8.60. The first-order chi connectivity index (χ1) is 11.9. The molecule has 0 aliphatic heterocycles. The molecule has 2 rings (SSSR count). The van der Waals surface area contributed by atoms with Gasteiger partial charge in [0.1, 0.15) is 17.9 Å². The molecule has 2 atom stereocenters. The van der Waals surface area contributed by atoms with E-state index in [-0.39, 0.29) is 6.42 Å². The second-order valence-electron chi connectivity index (χ2n) is 6.31. The molecular formula is C18H23FN2O4. The molecule has 1 fully saturated rings. The van der Waals surface area contributed by atoms with Crippen molar-refractivity contribution in [1.82, 2.24) is 10.6 Å². The van der Waals surface area contributed by atoms with E-state index in [1.165, 1.54) is 20.1 Å². The molecule has 0 heterocycles. The van der Waals surface area contributed by atoms with Gasteiger partial charge in [-0.05, 0) is 24.0 Å². The van der Waals surface area contributed by atoms with Crippen molar-refractivity contribution in [2.45, 2.75) is 44.7 Å². The lowest BCUT2D eigenvalue weighted by Gasteiger charge is -2.22. The van der Waals surface area contributed by atoms with Gasteiger partial charge in [-0.2, -0.15) is 0 Å². The summed E-state index contributed by atoms with van der Waals surface area (Å²) in [6.45, 7) is 1.28. The third-order valence-corrected chi connectivity index (χ3v) is 4.14. The predicted octanol–water partition coefficient (Wildman–Crippen LogP) is 1.33. The van der Waals surface area contributed by atoms with Gasteiger partial charge < -0.3 is 15.4 Å². The number of halogens is 1. The maximum atomic E-state index is 13.9. The molecule has 0 unspecified atom stereocenters. The van der Waals surface area contributed by atoms with E-state index in [2.05, 4.69) is 10.6 Å². The third-order valence-electron chi connectivity index (χ3n) is 4.14. The molecule has 0 radical (unpaired) electrons. The summed E-state index contributed by atoms with van der Waals surface area (Å²) in [6.07, 6.45) is 2.54. The summed E-state index contributed by atoms with van der Waals surface area (Å²) < 4.78 is 18.6. The van der Waals surface area contributed by atoms with Gasteiger partial charge in [0.25, 0.3) is 0 Å². The van der Waals surface area contributed by atoms with E-state index in [0.717, 1.165) is 12.8 Å². The summed E-state index contributed by atoms with van der Waals surface area (Å²) in [6, 6.07) is 4.32. The number of nitrogens with one attached hydrogen (secondary N) is 2. The van der Waals surface area contributed by atoms with Gasteiger partial charge in [0.15, 0.2) is 0 Å². The van der Waals surface area contributed by atoms with Crippen LogP contribution in [-0.2, 0) is 25.5 Å². The van der Waals surface area contributed by atoms with E-state index < -0.39 is 35.7 Å². The molecule has 1 aromatic carbocycles. The van der Waals surface area contributed by atoms with Crippen molar-refractivity contribution in [2.24, 2.45) is 5.92 Å². The Bertz CT molecular complexity index is 646. The molecule has 0 spiro atoms. The van der Waals surface area contributed by atoms with Crippen molar-refractivity contribution in [2.75, 3.05) is 7.11 Å². The zero-order valence-electron chi connectivity index (χ0n) is 14.4. The van der Waals surface area contributed by atoms with Crippen molar-refractivity contribution in [1.29, 1.82) is 0 Å². The fourth-order valence-corrected chi connectivity index (χ4v) is 2.65. The molecule has 2 amide bonds. The number of esters is 1. The quantitative estimate of drug-likeness (QED) is 0.693. The molecule has 1 aliphatic carbocycles. The molecule has 1 saturated carbocycles. The Hall–Kier alpha value is -2.44. The maximum Gasteiger partial charge on any atom is 0.328 e. The van der Waals surface area contributed by atoms with Crippen molar-refractivity contribution < 1.29 is 23.5 Å². The smallest absolute Gasteiger partial charge is 0.328 e. The summed E-state index contributed by atoms with van der Waals surface area (Å²) in [5.74, 6) is -1.51. The van der Waals surface area contributed by atoms with Gasteiger partial charge in [-0.15, -0.1) is 0 Å². The average molecular weight is 350 g/mol. The summed E-state index contributed by atoms with van der Waals surface area (Å²) >= 11 is 0. The Morgan fingerprint density at radius 3 is 2.44 bits per heavy atom. The zero-order valence-corrected chi connectivity index (χ0v) is 14.4. The van der Waals surface area contributed by atoms with Gasteiger partial charge >= 0.3 is 5.97 Å². The van der Waals surface area contributed by atoms with Crippen LogP contribution >= 0.6 is 0 Å². The summed E-state index contributed by atoms with van der Waals surface area (Å²) in [5, 5.41) is 5.15. The molecule has 6 nitrogen and oxygen atoms in total. The van der Waals surface area contributed by atoms with Crippen LogP contribution in [0.3, 0.4) is 0 Å². The number of carbonyl (C=O) groups is 3. The van der Waals surface area contributed by atoms with E-state index in [0.29, 0.717) is 17.9 Å². The lowest BCUT2D eigenvalue weighted by Crippen LogP contribution is -2.52. The van der Waals surface area contributed by atoms with Crippen LogP contribution in [0.15, 0.2) is 24.3 Å². The fraction of sp³-hybridized carbons (Fsp3) is 0.500. The van der Waals surface area contributed by atoms with E-state index >= 15 is 0 Å². The van der Waals surface area contributed by atoms with Crippen LogP contribution in [0.25, 0.3) is 0 Å². The monoisotopic (exact) mass is 350 g/mol. The molecular weight excluding hydrogens is 327 g/mol. The second-order valence-corrected chi connectivity index (χ2v) is 6.31. The minimum Gasteiger partial charge on any atom is -0.467 e. The highest BCUT2D eigenvalue weighted by atomic mass is 19.1. The number of hydrogen-bond acceptors (Lipinski definition) is 4. The Morgan fingerprint density at radius 2 is 1.88 bits per heavy atom. The fourth-order valence-electron chi connectivity index (χ4n) is 2.65. The van der Waals surface area contributed by atoms with Gasteiger partial charge in [0.2, 0.25) is 11.8 Å². The summed E-state index contributed by atoms with van der Waals surface area (Å²) in [5.41, 5.74) is 0.313. The molecule has 1 aliphatic rings. The van der Waals surface area contributed by atoms with Crippen LogP contribution in [0, 0.1) is 11.7 Å². The first kappa shape index (κ1) is 18.9. The number of amides is 2. The SMILES string of the molecule is COC(=O)[C@@H](CC1CC1)NC(=O)[C@H](Cc1ccccc1F)NC(C)=O. The van der Waals surface area contributed by atoms with Gasteiger partial charge in [-0.3, -0.25) is 9.59 Å². The average Bonchev–Trinajstić information content (AvgIpc) is 3.38. The van der Waals surface area contributed by atoms with Gasteiger partial charge in [-0.1, -0.05) is 31.0 Å². The molecule has 7 heteroatoms. The number of benzene rings is 1. The van der Waals surface area contributed by atoms with Crippen LogP contribution in [0.4, 0.5) is 4.39 Å². The van der Waals surface area contributed by atoms with Gasteiger partial charge in [0, 0.05) is 13.3 Å². The maximum absolute atomic E-state index is 13.9. The van der Waals surface area contributed by atoms with E-state index in [9.17, 15) is 18.8 Å². The normalized spacial score (nSPS) is 15.8. The lowest BCUT2D eigenvalue weighted by molar-refractivity contribution is -0.145. The minimum absolute atomic E-state index is 0.00456. The molecule has 0 saturated heterocycles. The number of hydrogen-bond donors (Lipinski definition) is 2. The van der Waals surface area contributed by atoms with Crippen LogP contribution < -0.4 is 10.6 Å². The minimum atomic E-state index is -0.972. The number of ether oxygens (including phenoxy) is 1. The third kappa shape index (κ3) is 5.85. The molecule has 1 aromatic rings. The molecule has 25 heavy (non-hydrogen) atoms. The van der Waals surface area contributed by atoms with Crippen LogP contribution in [-0.4, -0.2) is 37.0 Å². The standard InChI is InChI=1S/C18H23FN2O4/c1-11(22)20-15(10-13-5-3-4-6-14(13)19)17(23)21-16(18(24)25-2)9-12-7-8-12/h3-6,12,15-16H,7-10H2,1-2H3,(H,20,22)(H,21,23)/t15-,16+/m0/s1. The number of rotatable bonds is 8. The highest BCUT2D eigenvalue weighted by Crippen LogP contribution is 2.33. The van der Waals surface area contributed by atoms with E-state index in [4.69, 9.17) is 4.74 Å². The zero-order chi connectivity index (χ0) is 18.4. The van der Waals surface area contributed by atoms with Gasteiger partial charge in [0.05, 0.1) is 7.11 Å². The first-order valence-electron chi connectivity index (χ1n) is 8.29. The number of carbonyl (C=O) groups excluding carboxylic acids is 3. The lowest BCUT2D eigenvalue weighted by atomic mass is 10.0. The van der Waals surface area contributed by atoms with Crippen molar-refractivity contribution in [3.63, 3.8) is 0 Å². The Kier molecular flexibility index (Phi) is 6.50. The predicted molar refractivity (Wildman–Crippen MR) is 89.0 cm³/mol. The molecule has 0 aromatic heterocycles. The van der Waals surface area contributed by atoms with E-state index in [1.807, 2.05) is 0 Å². The van der Waals surface area contributed by atoms with Gasteiger partial charge in [-0.25, -0.2) is 9.18 Å². The Balaban J connectivity index is 2.09. The van der Waals surface area contributed by atoms with E-state index in [1.54, 1.807) is 18.2 Å². The van der Waals surface area contributed by atoms with Crippen LogP contribution in [0.1, 0.15) is 31.7 Å². The highest BCUT2D eigenvalue weighted by molar-refractivity contribution is 5.90. The Morgan fingerprint density at radius 1 is 1.20 bits per heavy atom. The Labute approximate surface area is 146 Å². The largest absolute Gasteiger partial charge is 0.467 e. The molecule has 136 valence electrons. The molecule has 2 N–H and O–H groups in total. The van der Waals surface area contributed by atoms with Crippen molar-refractivity contribution in [3.8, 4) is 0 Å². The summed E-state index contributed by atoms with van der Waals surface area (Å²) in [4.78, 5) is 35.9.